The first-order valence-electron chi connectivity index (χ1n) is 7.60. The lowest BCUT2D eigenvalue weighted by molar-refractivity contribution is -0.127. The van der Waals surface area contributed by atoms with Crippen LogP contribution in [-0.4, -0.2) is 29.7 Å². The second-order valence-electron chi connectivity index (χ2n) is 7.21. The number of ketones is 1. The molecule has 124 valence electrons. The van der Waals surface area contributed by atoms with Crippen LogP contribution in [-0.2, 0) is 4.79 Å². The normalized spacial score (nSPS) is 21.0. The van der Waals surface area contributed by atoms with Crippen molar-refractivity contribution in [2.24, 2.45) is 10.8 Å². The van der Waals surface area contributed by atoms with Gasteiger partial charge in [-0.3, -0.25) is 9.59 Å². The fraction of sp³-hybridized carbons (Fsp3) is 0.389. The maximum absolute atomic E-state index is 13.1. The SMILES string of the molecule is CC1(C)CC2(C=C(C#N)C1=O)CN(C(=O)c1ccc(F)cc1Cl)C2. The number of allylic oxidation sites excluding steroid dienone is 1. The van der Waals surface area contributed by atoms with E-state index in [0.717, 1.165) is 6.07 Å². The summed E-state index contributed by atoms with van der Waals surface area (Å²) in [4.78, 5) is 26.3. The second kappa shape index (κ2) is 5.42. The molecule has 1 fully saturated rings. The maximum Gasteiger partial charge on any atom is 0.255 e. The van der Waals surface area contributed by atoms with Crippen molar-refractivity contribution < 1.29 is 14.0 Å². The highest BCUT2D eigenvalue weighted by molar-refractivity contribution is 6.33. The van der Waals surface area contributed by atoms with Crippen LogP contribution in [0, 0.1) is 28.0 Å². The summed E-state index contributed by atoms with van der Waals surface area (Å²) in [6, 6.07) is 5.65. The molecule has 0 atom stereocenters. The summed E-state index contributed by atoms with van der Waals surface area (Å²) in [5.41, 5.74) is -0.561. The predicted octanol–water partition coefficient (Wildman–Crippen LogP) is 3.37. The summed E-state index contributed by atoms with van der Waals surface area (Å²) in [5.74, 6) is -0.917. The molecule has 1 spiro atoms. The van der Waals surface area contributed by atoms with Crippen LogP contribution in [0.1, 0.15) is 30.6 Å². The van der Waals surface area contributed by atoms with Gasteiger partial charge in [-0.15, -0.1) is 0 Å². The monoisotopic (exact) mass is 346 g/mol. The van der Waals surface area contributed by atoms with E-state index in [0.29, 0.717) is 19.5 Å². The molecular formula is C18H16ClFN2O2. The minimum absolute atomic E-state index is 0.0772. The average Bonchev–Trinajstić information content (AvgIpc) is 2.47. The quantitative estimate of drug-likeness (QED) is 0.783. The Morgan fingerprint density at radius 1 is 1.38 bits per heavy atom. The zero-order valence-corrected chi connectivity index (χ0v) is 14.2. The van der Waals surface area contributed by atoms with E-state index in [1.165, 1.54) is 12.1 Å². The Hall–Kier alpha value is -2.19. The van der Waals surface area contributed by atoms with Crippen LogP contribution in [0.3, 0.4) is 0 Å². The highest BCUT2D eigenvalue weighted by atomic mass is 35.5. The van der Waals surface area contributed by atoms with Crippen LogP contribution in [0.5, 0.6) is 0 Å². The van der Waals surface area contributed by atoms with Gasteiger partial charge in [-0.1, -0.05) is 31.5 Å². The van der Waals surface area contributed by atoms with Crippen molar-refractivity contribution in [3.63, 3.8) is 0 Å². The number of hydrogen-bond acceptors (Lipinski definition) is 3. The van der Waals surface area contributed by atoms with Gasteiger partial charge in [0.05, 0.1) is 16.2 Å². The first kappa shape index (κ1) is 16.7. The van der Waals surface area contributed by atoms with Gasteiger partial charge in [0.15, 0.2) is 5.78 Å². The number of amides is 1. The molecule has 1 aliphatic heterocycles. The summed E-state index contributed by atoms with van der Waals surface area (Å²) in [6.45, 7) is 4.48. The molecule has 1 aromatic carbocycles. The molecule has 0 radical (unpaired) electrons. The van der Waals surface area contributed by atoms with E-state index in [4.69, 9.17) is 11.6 Å². The Balaban J connectivity index is 1.82. The molecule has 0 bridgehead atoms. The highest BCUT2D eigenvalue weighted by Crippen LogP contribution is 2.48. The van der Waals surface area contributed by atoms with Gasteiger partial charge in [0.1, 0.15) is 11.9 Å². The molecule has 0 unspecified atom stereocenters. The van der Waals surface area contributed by atoms with Crippen LogP contribution < -0.4 is 0 Å². The smallest absolute Gasteiger partial charge is 0.255 e. The Bertz CT molecular complexity index is 817. The topological polar surface area (TPSA) is 61.2 Å². The van der Waals surface area contributed by atoms with Crippen molar-refractivity contribution in [3.05, 3.63) is 46.3 Å². The van der Waals surface area contributed by atoms with Gasteiger partial charge in [-0.05, 0) is 24.6 Å². The molecule has 6 heteroatoms. The highest BCUT2D eigenvalue weighted by Gasteiger charge is 2.52. The van der Waals surface area contributed by atoms with Gasteiger partial charge in [0.25, 0.3) is 5.91 Å². The number of carbonyl (C=O) groups excluding carboxylic acids is 2. The first-order chi connectivity index (χ1) is 11.2. The summed E-state index contributed by atoms with van der Waals surface area (Å²) in [5, 5.41) is 9.27. The Morgan fingerprint density at radius 2 is 2.04 bits per heavy atom. The van der Waals surface area contributed by atoms with E-state index in [9.17, 15) is 19.2 Å². The van der Waals surface area contributed by atoms with Crippen molar-refractivity contribution in [1.29, 1.82) is 5.26 Å². The minimum Gasteiger partial charge on any atom is -0.337 e. The second-order valence-corrected chi connectivity index (χ2v) is 7.61. The van der Waals surface area contributed by atoms with E-state index in [1.54, 1.807) is 11.0 Å². The van der Waals surface area contributed by atoms with Crippen LogP contribution >= 0.6 is 11.6 Å². The molecule has 1 heterocycles. The number of rotatable bonds is 1. The molecule has 1 aromatic rings. The molecule has 4 nitrogen and oxygen atoms in total. The number of Topliss-reactive ketones (excluding diaryl/α,β-unsaturated/α-hetero) is 1. The Labute approximate surface area is 144 Å². The summed E-state index contributed by atoms with van der Waals surface area (Å²) >= 11 is 5.95. The first-order valence-corrected chi connectivity index (χ1v) is 7.97. The van der Waals surface area contributed by atoms with Crippen molar-refractivity contribution in [2.45, 2.75) is 20.3 Å². The molecule has 0 saturated carbocycles. The lowest BCUT2D eigenvalue weighted by Crippen LogP contribution is -2.60. The van der Waals surface area contributed by atoms with Gasteiger partial charge in [-0.2, -0.15) is 5.26 Å². The lowest BCUT2D eigenvalue weighted by atomic mass is 9.61. The fourth-order valence-electron chi connectivity index (χ4n) is 3.72. The molecule has 1 amide bonds. The lowest BCUT2D eigenvalue weighted by Gasteiger charge is -2.53. The molecular weight excluding hydrogens is 331 g/mol. The van der Waals surface area contributed by atoms with Crippen molar-refractivity contribution in [3.8, 4) is 6.07 Å². The third-order valence-corrected chi connectivity index (χ3v) is 5.00. The molecule has 0 aromatic heterocycles. The standard InChI is InChI=1S/C18H16ClFN2O2/c1-17(2)8-18(6-11(7-21)15(17)23)9-22(10-18)16(24)13-4-3-12(20)5-14(13)19/h3-6H,8-10H2,1-2H3. The van der Waals surface area contributed by atoms with Crippen molar-refractivity contribution >= 4 is 23.3 Å². The molecule has 2 aliphatic rings. The summed E-state index contributed by atoms with van der Waals surface area (Å²) in [7, 11) is 0. The number of halogens is 2. The third kappa shape index (κ3) is 2.61. The fourth-order valence-corrected chi connectivity index (χ4v) is 3.97. The van der Waals surface area contributed by atoms with Gasteiger partial charge in [0.2, 0.25) is 0 Å². The van der Waals surface area contributed by atoms with Crippen LogP contribution in [0.25, 0.3) is 0 Å². The minimum atomic E-state index is -0.623. The van der Waals surface area contributed by atoms with Gasteiger partial charge < -0.3 is 4.90 Å². The van der Waals surface area contributed by atoms with Crippen molar-refractivity contribution in [1.82, 2.24) is 4.90 Å². The predicted molar refractivity (Wildman–Crippen MR) is 86.8 cm³/mol. The number of hydrogen-bond donors (Lipinski definition) is 0. The van der Waals surface area contributed by atoms with Gasteiger partial charge in [0, 0.05) is 23.9 Å². The largest absolute Gasteiger partial charge is 0.337 e. The van der Waals surface area contributed by atoms with E-state index in [2.05, 4.69) is 0 Å². The average molecular weight is 347 g/mol. The van der Waals surface area contributed by atoms with Gasteiger partial charge in [-0.25, -0.2) is 4.39 Å². The Morgan fingerprint density at radius 3 is 2.62 bits per heavy atom. The Kier molecular flexibility index (Phi) is 3.76. The molecule has 24 heavy (non-hydrogen) atoms. The van der Waals surface area contributed by atoms with Crippen LogP contribution in [0.2, 0.25) is 5.02 Å². The number of likely N-dealkylation sites (tertiary alicyclic amines) is 1. The third-order valence-electron chi connectivity index (χ3n) is 4.68. The van der Waals surface area contributed by atoms with Gasteiger partial charge >= 0.3 is 0 Å². The molecule has 1 saturated heterocycles. The zero-order chi connectivity index (χ0) is 17.7. The van der Waals surface area contributed by atoms with E-state index in [1.807, 2.05) is 19.9 Å². The number of carbonyl (C=O) groups is 2. The summed E-state index contributed by atoms with van der Waals surface area (Å²) < 4.78 is 13.1. The van der Waals surface area contributed by atoms with Crippen LogP contribution in [0.4, 0.5) is 4.39 Å². The van der Waals surface area contributed by atoms with E-state index in [-0.39, 0.29) is 33.3 Å². The molecule has 3 rings (SSSR count). The molecule has 1 aliphatic carbocycles. The number of nitrogens with zero attached hydrogens (tertiary/aromatic N) is 2. The van der Waals surface area contributed by atoms with E-state index < -0.39 is 11.2 Å². The van der Waals surface area contributed by atoms with Crippen molar-refractivity contribution in [2.75, 3.05) is 13.1 Å². The van der Waals surface area contributed by atoms with Crippen LogP contribution in [0.15, 0.2) is 29.8 Å². The zero-order valence-electron chi connectivity index (χ0n) is 13.4. The number of benzene rings is 1. The summed E-state index contributed by atoms with van der Waals surface area (Å²) in [6.07, 6.45) is 2.29. The maximum atomic E-state index is 13.1. The van der Waals surface area contributed by atoms with E-state index >= 15 is 0 Å². The molecule has 0 N–H and O–H groups in total. The number of nitriles is 1.